The first kappa shape index (κ1) is 15.7. The Labute approximate surface area is 130 Å². The Morgan fingerprint density at radius 1 is 1.18 bits per heavy atom. The van der Waals surface area contributed by atoms with Crippen LogP contribution in [0.15, 0.2) is 42.5 Å². The third kappa shape index (κ3) is 3.67. The zero-order valence-corrected chi connectivity index (χ0v) is 12.8. The van der Waals surface area contributed by atoms with E-state index in [4.69, 9.17) is 11.2 Å². The highest BCUT2D eigenvalue weighted by Gasteiger charge is 2.15. The molecule has 0 aromatic heterocycles. The minimum absolute atomic E-state index is 0.367. The van der Waals surface area contributed by atoms with E-state index >= 15 is 0 Å². The highest BCUT2D eigenvalue weighted by molar-refractivity contribution is 5.93. The van der Waals surface area contributed by atoms with E-state index in [9.17, 15) is 4.79 Å². The molecule has 3 heteroatoms. The predicted molar refractivity (Wildman–Crippen MR) is 86.9 cm³/mol. The summed E-state index contributed by atoms with van der Waals surface area (Å²) in [6.07, 6.45) is 6.20. The zero-order chi connectivity index (χ0) is 15.9. The van der Waals surface area contributed by atoms with Gasteiger partial charge in [-0.25, -0.2) is 4.79 Å². The normalized spacial score (nSPS) is 9.86. The van der Waals surface area contributed by atoms with Crippen molar-refractivity contribution in [3.8, 4) is 29.2 Å². The number of esters is 1. The Kier molecular flexibility index (Phi) is 5.21. The predicted octanol–water partition coefficient (Wildman–Crippen LogP) is 3.91. The van der Waals surface area contributed by atoms with Crippen LogP contribution in [0.25, 0.3) is 11.1 Å². The number of rotatable bonds is 4. The number of terminal acetylenes is 1. The van der Waals surface area contributed by atoms with Crippen LogP contribution >= 0.6 is 0 Å². The monoisotopic (exact) mass is 294 g/mol. The van der Waals surface area contributed by atoms with Gasteiger partial charge in [0.1, 0.15) is 11.3 Å². The molecule has 0 unspecified atom stereocenters. The van der Waals surface area contributed by atoms with Crippen molar-refractivity contribution in [2.24, 2.45) is 0 Å². The van der Waals surface area contributed by atoms with E-state index in [0.29, 0.717) is 23.5 Å². The Morgan fingerprint density at radius 2 is 1.86 bits per heavy atom. The van der Waals surface area contributed by atoms with Crippen LogP contribution in [0.4, 0.5) is 0 Å². The molecule has 2 aliphatic rings. The molecule has 0 fully saturated rings. The summed E-state index contributed by atoms with van der Waals surface area (Å²) in [5, 5.41) is 0. The first-order chi connectivity index (χ1) is 10.7. The van der Waals surface area contributed by atoms with Crippen LogP contribution in [-0.4, -0.2) is 19.7 Å². The van der Waals surface area contributed by atoms with E-state index < -0.39 is 5.97 Å². The molecule has 3 nitrogen and oxygen atoms in total. The van der Waals surface area contributed by atoms with Gasteiger partial charge in [0.15, 0.2) is 0 Å². The molecule has 0 atom stereocenters. The third-order valence-corrected chi connectivity index (χ3v) is 3.14. The van der Waals surface area contributed by atoms with Gasteiger partial charge in [-0.1, -0.05) is 37.1 Å². The highest BCUT2D eigenvalue weighted by atomic mass is 16.5. The van der Waals surface area contributed by atoms with E-state index in [1.54, 1.807) is 18.2 Å². The summed E-state index contributed by atoms with van der Waals surface area (Å²) in [7, 11) is 1.33. The number of fused-ring (bicyclic) bond motifs is 1. The van der Waals surface area contributed by atoms with E-state index in [1.165, 1.54) is 18.2 Å². The van der Waals surface area contributed by atoms with Crippen molar-refractivity contribution < 1.29 is 14.3 Å². The van der Waals surface area contributed by atoms with Gasteiger partial charge >= 0.3 is 5.97 Å². The van der Waals surface area contributed by atoms with Crippen molar-refractivity contribution in [3.63, 3.8) is 0 Å². The largest absolute Gasteiger partial charge is 0.491 e. The number of para-hydroxylation sites is 1. The zero-order valence-electron chi connectivity index (χ0n) is 12.8. The highest BCUT2D eigenvalue weighted by Crippen LogP contribution is 2.32. The molecular weight excluding hydrogens is 276 g/mol. The lowest BCUT2D eigenvalue weighted by Crippen LogP contribution is -2.07. The van der Waals surface area contributed by atoms with Crippen LogP contribution in [0, 0.1) is 12.3 Å². The van der Waals surface area contributed by atoms with Crippen LogP contribution in [0.3, 0.4) is 0 Å². The average molecular weight is 294 g/mol. The molecule has 0 amide bonds. The Bertz CT molecular complexity index is 694. The maximum Gasteiger partial charge on any atom is 0.341 e. The van der Waals surface area contributed by atoms with Gasteiger partial charge < -0.3 is 9.47 Å². The Hall–Kier alpha value is -2.73. The standard InChI is InChI=1S/C13H14O3.C6H4/c1-4-9-16-12-10(5-2)7-6-8-11(12)13(14)15-3;1-2-5-4-6(5)3-1/h2,6-8H,4,9H2,1,3H3;1-4H. The number of methoxy groups -OCH3 is 1. The number of hydrogen-bond donors (Lipinski definition) is 0. The summed E-state index contributed by atoms with van der Waals surface area (Å²) >= 11 is 0. The molecule has 1 aromatic carbocycles. The van der Waals surface area contributed by atoms with Crippen LogP contribution in [0.2, 0.25) is 0 Å². The molecule has 0 radical (unpaired) electrons. The number of hydrogen-bond acceptors (Lipinski definition) is 3. The van der Waals surface area contributed by atoms with Gasteiger partial charge in [-0.15, -0.1) is 6.42 Å². The molecule has 0 spiro atoms. The van der Waals surface area contributed by atoms with Gasteiger partial charge in [-0.05, 0) is 35.7 Å². The summed E-state index contributed by atoms with van der Waals surface area (Å²) in [6, 6.07) is 13.6. The van der Waals surface area contributed by atoms with Crippen molar-refractivity contribution in [1.29, 1.82) is 0 Å². The van der Waals surface area contributed by atoms with Crippen molar-refractivity contribution in [2.75, 3.05) is 13.7 Å². The summed E-state index contributed by atoms with van der Waals surface area (Å²) in [5.41, 5.74) is 3.78. The Balaban J connectivity index is 0.000000238. The lowest BCUT2D eigenvalue weighted by Gasteiger charge is -2.11. The molecule has 0 bridgehead atoms. The third-order valence-electron chi connectivity index (χ3n) is 3.14. The second-order valence-corrected chi connectivity index (χ2v) is 4.75. The van der Waals surface area contributed by atoms with Crippen LogP contribution < -0.4 is 4.74 Å². The van der Waals surface area contributed by atoms with Gasteiger partial charge in [-0.2, -0.15) is 0 Å². The summed E-state index contributed by atoms with van der Waals surface area (Å²) in [5.74, 6) is 2.48. The van der Waals surface area contributed by atoms with Crippen molar-refractivity contribution in [3.05, 3.63) is 53.6 Å². The SMILES string of the molecule is C#Cc1cccc(C(=O)OC)c1OCCC.c1cc2cc-2c1. The molecule has 0 aliphatic heterocycles. The van der Waals surface area contributed by atoms with Gasteiger partial charge in [-0.3, -0.25) is 0 Å². The summed E-state index contributed by atoms with van der Waals surface area (Å²) in [4.78, 5) is 11.5. The van der Waals surface area contributed by atoms with Crippen molar-refractivity contribution in [2.45, 2.75) is 13.3 Å². The minimum atomic E-state index is -0.441. The lowest BCUT2D eigenvalue weighted by atomic mass is 10.1. The van der Waals surface area contributed by atoms with Gasteiger partial charge in [0, 0.05) is 0 Å². The van der Waals surface area contributed by atoms with Crippen LogP contribution in [0.5, 0.6) is 5.75 Å². The van der Waals surface area contributed by atoms with Crippen LogP contribution in [-0.2, 0) is 4.74 Å². The van der Waals surface area contributed by atoms with Gasteiger partial charge in [0.2, 0.25) is 0 Å². The maximum atomic E-state index is 11.5. The van der Waals surface area contributed by atoms with Gasteiger partial charge in [0.25, 0.3) is 0 Å². The summed E-state index contributed by atoms with van der Waals surface area (Å²) in [6.45, 7) is 2.50. The number of carbonyl (C=O) groups is 1. The fourth-order valence-electron chi connectivity index (χ4n) is 1.96. The molecule has 1 aromatic rings. The maximum absolute atomic E-state index is 11.5. The molecule has 2 aliphatic carbocycles. The first-order valence-corrected chi connectivity index (χ1v) is 7.12. The topological polar surface area (TPSA) is 35.5 Å². The van der Waals surface area contributed by atoms with E-state index in [1.807, 2.05) is 6.92 Å². The molecule has 3 rings (SSSR count). The summed E-state index contributed by atoms with van der Waals surface area (Å²) < 4.78 is 10.2. The number of benzene rings is 2. The van der Waals surface area contributed by atoms with E-state index in [2.05, 4.69) is 34.9 Å². The van der Waals surface area contributed by atoms with E-state index in [-0.39, 0.29) is 0 Å². The molecular formula is C19H18O3. The molecule has 0 saturated heterocycles. The molecule has 0 N–H and O–H groups in total. The molecule has 0 saturated carbocycles. The second kappa shape index (κ2) is 7.33. The second-order valence-electron chi connectivity index (χ2n) is 4.75. The average Bonchev–Trinajstić information content (AvgIpc) is 3.17. The first-order valence-electron chi connectivity index (χ1n) is 7.12. The molecule has 0 heterocycles. The fourth-order valence-corrected chi connectivity index (χ4v) is 1.96. The van der Waals surface area contributed by atoms with Gasteiger partial charge in [0.05, 0.1) is 19.3 Å². The van der Waals surface area contributed by atoms with Crippen molar-refractivity contribution in [1.82, 2.24) is 0 Å². The molecule has 22 heavy (non-hydrogen) atoms. The van der Waals surface area contributed by atoms with Crippen molar-refractivity contribution >= 4 is 5.97 Å². The Morgan fingerprint density at radius 3 is 2.32 bits per heavy atom. The number of ether oxygens (including phenoxy) is 2. The quantitative estimate of drug-likeness (QED) is 0.540. The van der Waals surface area contributed by atoms with E-state index in [0.717, 1.165) is 6.42 Å². The minimum Gasteiger partial charge on any atom is -0.491 e. The lowest BCUT2D eigenvalue weighted by molar-refractivity contribution is 0.0596. The van der Waals surface area contributed by atoms with Crippen LogP contribution in [0.1, 0.15) is 29.3 Å². The number of carbonyl (C=O) groups excluding carboxylic acids is 1. The fraction of sp³-hybridized carbons (Fsp3) is 0.211. The molecule has 112 valence electrons. The smallest absolute Gasteiger partial charge is 0.341 e.